The Balaban J connectivity index is 2.16. The fraction of sp³-hybridized carbons (Fsp3) is 0.429. The Hall–Kier alpha value is -2.64. The first-order chi connectivity index (χ1) is 10.2. The van der Waals surface area contributed by atoms with Gasteiger partial charge in [-0.25, -0.2) is 0 Å². The van der Waals surface area contributed by atoms with Crippen LogP contribution in [0.2, 0.25) is 0 Å². The Labute approximate surface area is 125 Å². The second kappa shape index (κ2) is 5.63. The molecule has 0 aliphatic heterocycles. The normalized spacial score (nSPS) is 10.9. The number of carbonyl (C=O) groups is 2. The van der Waals surface area contributed by atoms with Crippen molar-refractivity contribution in [2.24, 2.45) is 14.1 Å². The molecular formula is C14H18N4O4. The summed E-state index contributed by atoms with van der Waals surface area (Å²) in [7, 11) is 3.04. The van der Waals surface area contributed by atoms with Crippen LogP contribution in [0.1, 0.15) is 44.9 Å². The molecule has 0 aromatic carbocycles. The van der Waals surface area contributed by atoms with Crippen molar-refractivity contribution >= 4 is 11.6 Å². The van der Waals surface area contributed by atoms with Crippen LogP contribution in [0, 0.1) is 13.8 Å². The third kappa shape index (κ3) is 2.59. The van der Waals surface area contributed by atoms with E-state index in [-0.39, 0.29) is 24.0 Å². The van der Waals surface area contributed by atoms with E-state index in [2.05, 4.69) is 10.2 Å². The molecule has 8 heteroatoms. The van der Waals surface area contributed by atoms with E-state index in [1.165, 1.54) is 23.5 Å². The summed E-state index contributed by atoms with van der Waals surface area (Å²) in [6.07, 6.45) is -0.221. The quantitative estimate of drug-likeness (QED) is 0.769. The molecule has 22 heavy (non-hydrogen) atoms. The minimum absolute atomic E-state index is 0.0639. The number of hydrogen-bond donors (Lipinski definition) is 2. The molecule has 2 aromatic rings. The van der Waals surface area contributed by atoms with E-state index in [4.69, 9.17) is 0 Å². The summed E-state index contributed by atoms with van der Waals surface area (Å²) in [6, 6.07) is 0. The molecule has 0 saturated heterocycles. The summed E-state index contributed by atoms with van der Waals surface area (Å²) < 4.78 is 2.44. The summed E-state index contributed by atoms with van der Waals surface area (Å²) in [5.74, 6) is -0.810. The Morgan fingerprint density at radius 3 is 1.36 bits per heavy atom. The number of nitrogens with one attached hydrogen (secondary N) is 2. The lowest BCUT2D eigenvalue weighted by atomic mass is 10.0. The molecule has 0 radical (unpaired) electrons. The van der Waals surface area contributed by atoms with Crippen LogP contribution in [0.4, 0.5) is 0 Å². The molecule has 0 spiro atoms. The predicted octanol–water partition coefficient (Wildman–Crippen LogP) is 0.203. The first-order valence-corrected chi connectivity index (χ1v) is 6.81. The van der Waals surface area contributed by atoms with Crippen LogP contribution < -0.4 is 11.1 Å². The zero-order chi connectivity index (χ0) is 16.6. The van der Waals surface area contributed by atoms with Gasteiger partial charge in [0.1, 0.15) is 11.1 Å². The van der Waals surface area contributed by atoms with E-state index < -0.39 is 22.7 Å². The van der Waals surface area contributed by atoms with Gasteiger partial charge in [0, 0.05) is 38.3 Å². The summed E-state index contributed by atoms with van der Waals surface area (Å²) in [5, 5.41) is 5.48. The van der Waals surface area contributed by atoms with Gasteiger partial charge in [0.2, 0.25) is 0 Å². The van der Waals surface area contributed by atoms with Gasteiger partial charge in [0.25, 0.3) is 11.1 Å². The zero-order valence-electron chi connectivity index (χ0n) is 12.9. The smallest absolute Gasteiger partial charge is 0.277 e. The molecule has 0 unspecified atom stereocenters. The Morgan fingerprint density at radius 2 is 1.14 bits per heavy atom. The fourth-order valence-electron chi connectivity index (χ4n) is 2.51. The van der Waals surface area contributed by atoms with E-state index in [0.29, 0.717) is 11.4 Å². The molecule has 0 bridgehead atoms. The molecule has 0 fully saturated rings. The van der Waals surface area contributed by atoms with Crippen LogP contribution in [0.5, 0.6) is 0 Å². The lowest BCUT2D eigenvalue weighted by molar-refractivity contribution is 0.0915. The van der Waals surface area contributed by atoms with Gasteiger partial charge in [0.15, 0.2) is 11.6 Å². The molecule has 0 aliphatic rings. The molecule has 2 N–H and O–H groups in total. The maximum Gasteiger partial charge on any atom is 0.277 e. The highest BCUT2D eigenvalue weighted by Crippen LogP contribution is 2.09. The van der Waals surface area contributed by atoms with Gasteiger partial charge in [-0.1, -0.05) is 0 Å². The number of aryl methyl sites for hydroxylation is 4. The first-order valence-electron chi connectivity index (χ1n) is 6.81. The van der Waals surface area contributed by atoms with Crippen LogP contribution in [0.15, 0.2) is 9.59 Å². The molecular weight excluding hydrogens is 288 g/mol. The Bertz CT molecular complexity index is 790. The first kappa shape index (κ1) is 15.7. The lowest BCUT2D eigenvalue weighted by Crippen LogP contribution is -2.21. The molecule has 0 amide bonds. The second-order valence-corrected chi connectivity index (χ2v) is 5.30. The SMILES string of the molecule is Cc1[nH]n(C)c(=O)c1C(=O)CCC(=O)c1c(C)[nH]n(C)c1=O. The lowest BCUT2D eigenvalue weighted by Gasteiger charge is -1.99. The van der Waals surface area contributed by atoms with Crippen molar-refractivity contribution in [3.8, 4) is 0 Å². The van der Waals surface area contributed by atoms with E-state index in [1.54, 1.807) is 13.8 Å². The summed E-state index contributed by atoms with van der Waals surface area (Å²) >= 11 is 0. The highest BCUT2D eigenvalue weighted by molar-refractivity contribution is 6.02. The monoisotopic (exact) mass is 306 g/mol. The van der Waals surface area contributed by atoms with E-state index in [9.17, 15) is 19.2 Å². The zero-order valence-corrected chi connectivity index (χ0v) is 12.9. The predicted molar refractivity (Wildman–Crippen MR) is 79.4 cm³/mol. The van der Waals surface area contributed by atoms with Crippen LogP contribution in [-0.4, -0.2) is 31.1 Å². The molecule has 0 atom stereocenters. The fourth-order valence-corrected chi connectivity index (χ4v) is 2.51. The topological polar surface area (TPSA) is 110 Å². The number of aromatic amines is 2. The number of Topliss-reactive ketones (excluding diaryl/α,β-unsaturated/α-hetero) is 2. The van der Waals surface area contributed by atoms with E-state index in [0.717, 1.165) is 0 Å². The van der Waals surface area contributed by atoms with E-state index in [1.807, 2.05) is 0 Å². The minimum atomic E-state index is -0.413. The molecule has 2 aromatic heterocycles. The van der Waals surface area contributed by atoms with Gasteiger partial charge >= 0.3 is 0 Å². The Kier molecular flexibility index (Phi) is 4.03. The third-order valence-corrected chi connectivity index (χ3v) is 3.59. The highest BCUT2D eigenvalue weighted by atomic mass is 16.2. The summed E-state index contributed by atoms with van der Waals surface area (Å²) in [4.78, 5) is 47.9. The average Bonchev–Trinajstić information content (AvgIpc) is 2.83. The van der Waals surface area contributed by atoms with Gasteiger partial charge in [-0.2, -0.15) is 0 Å². The van der Waals surface area contributed by atoms with Crippen molar-refractivity contribution in [3.63, 3.8) is 0 Å². The van der Waals surface area contributed by atoms with Gasteiger partial charge in [-0.3, -0.25) is 38.7 Å². The number of carbonyl (C=O) groups excluding carboxylic acids is 2. The van der Waals surface area contributed by atoms with E-state index >= 15 is 0 Å². The molecule has 2 rings (SSSR count). The third-order valence-electron chi connectivity index (χ3n) is 3.59. The standard InChI is InChI=1S/C14H18N4O4/c1-7-11(13(21)17(3)15-7)9(19)5-6-10(20)12-8(2)16-18(4)14(12)22/h15-16H,5-6H2,1-4H3. The van der Waals surface area contributed by atoms with Gasteiger partial charge in [-0.05, 0) is 13.8 Å². The second-order valence-electron chi connectivity index (χ2n) is 5.30. The molecule has 0 aliphatic carbocycles. The van der Waals surface area contributed by atoms with Crippen molar-refractivity contribution in [1.29, 1.82) is 0 Å². The number of ketones is 2. The van der Waals surface area contributed by atoms with Gasteiger partial charge in [0.05, 0.1) is 0 Å². The largest absolute Gasteiger partial charge is 0.300 e. The summed E-state index contributed by atoms with van der Waals surface area (Å²) in [5.41, 5.74) is 0.243. The maximum absolute atomic E-state index is 12.1. The van der Waals surface area contributed by atoms with Crippen LogP contribution in [0.25, 0.3) is 0 Å². The van der Waals surface area contributed by atoms with Crippen LogP contribution in [0.3, 0.4) is 0 Å². The molecule has 118 valence electrons. The molecule has 0 saturated carbocycles. The average molecular weight is 306 g/mol. The number of H-pyrrole nitrogens is 2. The van der Waals surface area contributed by atoms with Gasteiger partial charge < -0.3 is 0 Å². The Morgan fingerprint density at radius 1 is 0.818 bits per heavy atom. The molecule has 8 nitrogen and oxygen atoms in total. The number of aromatic nitrogens is 4. The minimum Gasteiger partial charge on any atom is -0.300 e. The number of hydrogen-bond acceptors (Lipinski definition) is 4. The van der Waals surface area contributed by atoms with Crippen molar-refractivity contribution in [2.45, 2.75) is 26.7 Å². The summed E-state index contributed by atoms with van der Waals surface area (Å²) in [6.45, 7) is 3.25. The number of rotatable bonds is 5. The maximum atomic E-state index is 12.1. The van der Waals surface area contributed by atoms with Crippen molar-refractivity contribution in [3.05, 3.63) is 43.2 Å². The van der Waals surface area contributed by atoms with Gasteiger partial charge in [-0.15, -0.1) is 0 Å². The van der Waals surface area contributed by atoms with Crippen molar-refractivity contribution in [1.82, 2.24) is 19.6 Å². The van der Waals surface area contributed by atoms with Crippen molar-refractivity contribution in [2.75, 3.05) is 0 Å². The highest BCUT2D eigenvalue weighted by Gasteiger charge is 2.21. The molecule has 2 heterocycles. The van der Waals surface area contributed by atoms with Crippen molar-refractivity contribution < 1.29 is 9.59 Å². The van der Waals surface area contributed by atoms with Crippen LogP contribution in [-0.2, 0) is 14.1 Å². The number of nitrogens with zero attached hydrogens (tertiary/aromatic N) is 2. The van der Waals surface area contributed by atoms with Crippen LogP contribution >= 0.6 is 0 Å².